The summed E-state index contributed by atoms with van der Waals surface area (Å²) in [5, 5.41) is 0. The first-order chi connectivity index (χ1) is 8.01. The molecule has 1 unspecified atom stereocenters. The number of ether oxygens (including phenoxy) is 2. The van der Waals surface area contributed by atoms with Gasteiger partial charge in [0.2, 0.25) is 0 Å². The third-order valence-electron chi connectivity index (χ3n) is 2.39. The Hall–Kier alpha value is -0.860. The molecule has 0 bridgehead atoms. The molecule has 1 atom stereocenters. The van der Waals surface area contributed by atoms with Crippen LogP contribution in [0.25, 0.3) is 0 Å². The average Bonchev–Trinajstić information content (AvgIpc) is 2.27. The molecule has 0 heterocycles. The summed E-state index contributed by atoms with van der Waals surface area (Å²) in [6, 6.07) is 10.2. The second kappa shape index (κ2) is 6.77. The normalized spacial score (nSPS) is 13.6. The summed E-state index contributed by atoms with van der Waals surface area (Å²) < 4.78 is 11.6. The zero-order chi connectivity index (χ0) is 12.7. The van der Waals surface area contributed by atoms with Crippen molar-refractivity contribution in [2.45, 2.75) is 52.4 Å². The fraction of sp³-hybridized carbons (Fsp3) is 0.600. The van der Waals surface area contributed by atoms with Gasteiger partial charge < -0.3 is 9.47 Å². The minimum Gasteiger partial charge on any atom is -0.374 e. The molecule has 0 fully saturated rings. The fourth-order valence-corrected chi connectivity index (χ4v) is 1.62. The van der Waals surface area contributed by atoms with E-state index in [1.54, 1.807) is 0 Å². The molecule has 1 aromatic carbocycles. The maximum atomic E-state index is 5.90. The van der Waals surface area contributed by atoms with Crippen LogP contribution in [0.4, 0.5) is 0 Å². The lowest BCUT2D eigenvalue weighted by Gasteiger charge is -2.26. The van der Waals surface area contributed by atoms with Crippen LogP contribution < -0.4 is 0 Å². The van der Waals surface area contributed by atoms with Crippen LogP contribution in [-0.2, 0) is 16.1 Å². The number of hydrogen-bond donors (Lipinski definition) is 0. The molecule has 0 aromatic heterocycles. The highest BCUT2D eigenvalue weighted by molar-refractivity contribution is 5.13. The third-order valence-corrected chi connectivity index (χ3v) is 2.39. The minimum atomic E-state index is -0.100. The maximum absolute atomic E-state index is 5.90. The van der Waals surface area contributed by atoms with Crippen LogP contribution >= 0.6 is 0 Å². The lowest BCUT2D eigenvalue weighted by molar-refractivity contribution is -0.0958. The van der Waals surface area contributed by atoms with E-state index < -0.39 is 0 Å². The Kier molecular flexibility index (Phi) is 5.66. The molecular weight excluding hydrogens is 212 g/mol. The van der Waals surface area contributed by atoms with Crippen LogP contribution in [0.2, 0.25) is 0 Å². The molecule has 0 spiro atoms. The van der Waals surface area contributed by atoms with Crippen LogP contribution in [0.3, 0.4) is 0 Å². The van der Waals surface area contributed by atoms with E-state index in [1.807, 2.05) is 18.2 Å². The molecule has 2 nitrogen and oxygen atoms in total. The summed E-state index contributed by atoms with van der Waals surface area (Å²) >= 11 is 0. The quantitative estimate of drug-likeness (QED) is 0.748. The first-order valence-corrected chi connectivity index (χ1v) is 6.31. The fourth-order valence-electron chi connectivity index (χ4n) is 1.62. The van der Waals surface area contributed by atoms with Crippen molar-refractivity contribution in [1.29, 1.82) is 0 Å². The Morgan fingerprint density at radius 3 is 2.29 bits per heavy atom. The van der Waals surface area contributed by atoms with Gasteiger partial charge in [0.25, 0.3) is 0 Å². The summed E-state index contributed by atoms with van der Waals surface area (Å²) in [6.07, 6.45) is 1.16. The first-order valence-electron chi connectivity index (χ1n) is 6.31. The third kappa shape index (κ3) is 6.44. The molecule has 96 valence electrons. The van der Waals surface area contributed by atoms with Crippen molar-refractivity contribution in [3.63, 3.8) is 0 Å². The van der Waals surface area contributed by atoms with E-state index >= 15 is 0 Å². The Labute approximate surface area is 105 Å². The SMILES string of the molecule is CCC(COCc1ccccc1)OC(C)(C)C. The summed E-state index contributed by atoms with van der Waals surface area (Å²) in [6.45, 7) is 9.67. The second-order valence-electron chi connectivity index (χ2n) is 5.26. The molecule has 0 aliphatic carbocycles. The van der Waals surface area contributed by atoms with Gasteiger partial charge in [0.1, 0.15) is 0 Å². The minimum absolute atomic E-state index is 0.100. The summed E-state index contributed by atoms with van der Waals surface area (Å²) in [4.78, 5) is 0. The first kappa shape index (κ1) is 14.2. The van der Waals surface area contributed by atoms with Crippen molar-refractivity contribution in [2.24, 2.45) is 0 Å². The van der Waals surface area contributed by atoms with E-state index in [4.69, 9.17) is 9.47 Å². The lowest BCUT2D eigenvalue weighted by Crippen LogP contribution is -2.30. The van der Waals surface area contributed by atoms with Crippen LogP contribution in [-0.4, -0.2) is 18.3 Å². The van der Waals surface area contributed by atoms with E-state index in [0.717, 1.165) is 6.42 Å². The van der Waals surface area contributed by atoms with Crippen molar-refractivity contribution < 1.29 is 9.47 Å². The van der Waals surface area contributed by atoms with Crippen LogP contribution in [0, 0.1) is 0 Å². The van der Waals surface area contributed by atoms with Crippen molar-refractivity contribution in [3.05, 3.63) is 35.9 Å². The topological polar surface area (TPSA) is 18.5 Å². The summed E-state index contributed by atoms with van der Waals surface area (Å²) in [5.74, 6) is 0. The largest absolute Gasteiger partial charge is 0.374 e. The van der Waals surface area contributed by atoms with E-state index in [1.165, 1.54) is 5.56 Å². The standard InChI is InChI=1S/C15H24O2/c1-5-14(17-15(2,3)4)12-16-11-13-9-7-6-8-10-13/h6-10,14H,5,11-12H2,1-4H3. The molecule has 0 aliphatic rings. The lowest BCUT2D eigenvalue weighted by atomic mass is 10.1. The van der Waals surface area contributed by atoms with Crippen LogP contribution in [0.5, 0.6) is 0 Å². The zero-order valence-electron chi connectivity index (χ0n) is 11.4. The predicted octanol–water partition coefficient (Wildman–Crippen LogP) is 3.80. The van der Waals surface area contributed by atoms with Gasteiger partial charge in [0, 0.05) is 0 Å². The van der Waals surface area contributed by atoms with Gasteiger partial charge in [-0.15, -0.1) is 0 Å². The monoisotopic (exact) mass is 236 g/mol. The van der Waals surface area contributed by atoms with Gasteiger partial charge in [0.15, 0.2) is 0 Å². The van der Waals surface area contributed by atoms with Crippen molar-refractivity contribution in [3.8, 4) is 0 Å². The zero-order valence-corrected chi connectivity index (χ0v) is 11.4. The highest BCUT2D eigenvalue weighted by atomic mass is 16.5. The Morgan fingerprint density at radius 1 is 1.12 bits per heavy atom. The molecule has 2 heteroatoms. The van der Waals surface area contributed by atoms with E-state index in [0.29, 0.717) is 13.2 Å². The Morgan fingerprint density at radius 2 is 1.76 bits per heavy atom. The molecule has 0 saturated heterocycles. The molecule has 1 aromatic rings. The maximum Gasteiger partial charge on any atom is 0.0813 e. The molecule has 1 rings (SSSR count). The van der Waals surface area contributed by atoms with E-state index in [2.05, 4.69) is 39.8 Å². The Balaban J connectivity index is 2.29. The number of rotatable bonds is 6. The average molecular weight is 236 g/mol. The number of hydrogen-bond acceptors (Lipinski definition) is 2. The predicted molar refractivity (Wildman–Crippen MR) is 71.0 cm³/mol. The van der Waals surface area contributed by atoms with E-state index in [-0.39, 0.29) is 11.7 Å². The second-order valence-corrected chi connectivity index (χ2v) is 5.26. The molecule has 0 aliphatic heterocycles. The smallest absolute Gasteiger partial charge is 0.0813 e. The molecule has 0 amide bonds. The molecule has 0 N–H and O–H groups in total. The van der Waals surface area contributed by atoms with Gasteiger partial charge in [-0.3, -0.25) is 0 Å². The van der Waals surface area contributed by atoms with Crippen LogP contribution in [0.15, 0.2) is 30.3 Å². The van der Waals surface area contributed by atoms with Crippen molar-refractivity contribution in [2.75, 3.05) is 6.61 Å². The number of benzene rings is 1. The van der Waals surface area contributed by atoms with Gasteiger partial charge in [-0.1, -0.05) is 37.3 Å². The van der Waals surface area contributed by atoms with Crippen molar-refractivity contribution >= 4 is 0 Å². The molecule has 0 radical (unpaired) electrons. The van der Waals surface area contributed by atoms with Crippen molar-refractivity contribution in [1.82, 2.24) is 0 Å². The van der Waals surface area contributed by atoms with Gasteiger partial charge in [-0.05, 0) is 32.8 Å². The van der Waals surface area contributed by atoms with Crippen LogP contribution in [0.1, 0.15) is 39.7 Å². The highest BCUT2D eigenvalue weighted by Gasteiger charge is 2.17. The Bertz CT molecular complexity index is 300. The van der Waals surface area contributed by atoms with Gasteiger partial charge in [0.05, 0.1) is 24.9 Å². The molecule has 17 heavy (non-hydrogen) atoms. The van der Waals surface area contributed by atoms with Gasteiger partial charge in [-0.2, -0.15) is 0 Å². The van der Waals surface area contributed by atoms with Gasteiger partial charge in [-0.25, -0.2) is 0 Å². The van der Waals surface area contributed by atoms with E-state index in [9.17, 15) is 0 Å². The summed E-state index contributed by atoms with van der Waals surface area (Å²) in [7, 11) is 0. The molecule has 0 saturated carbocycles. The molecular formula is C15H24O2. The highest BCUT2D eigenvalue weighted by Crippen LogP contribution is 2.13. The summed E-state index contributed by atoms with van der Waals surface area (Å²) in [5.41, 5.74) is 1.11. The van der Waals surface area contributed by atoms with Gasteiger partial charge >= 0.3 is 0 Å².